The quantitative estimate of drug-likeness (QED) is 0.266. The Kier molecular flexibility index (Phi) is 11.9. The van der Waals surface area contributed by atoms with Gasteiger partial charge in [-0.05, 0) is 12.8 Å². The first-order chi connectivity index (χ1) is 10.7. The number of carbonyl (C=O) groups is 1. The van der Waals surface area contributed by atoms with Gasteiger partial charge in [0.1, 0.15) is 0 Å². The minimum Gasteiger partial charge on any atom is -0.288 e. The molecule has 0 fully saturated rings. The fourth-order valence-electron chi connectivity index (χ4n) is 2.22. The van der Waals surface area contributed by atoms with E-state index in [-0.39, 0.29) is 11.5 Å². The summed E-state index contributed by atoms with van der Waals surface area (Å²) in [6.07, 6.45) is 1.86. The molecule has 23 heavy (non-hydrogen) atoms. The van der Waals surface area contributed by atoms with Gasteiger partial charge < -0.3 is 0 Å². The molecule has 138 valence electrons. The van der Waals surface area contributed by atoms with E-state index in [1.807, 2.05) is 0 Å². The Morgan fingerprint density at radius 3 is 1.52 bits per heavy atom. The normalized spacial score (nSPS) is 12.6. The van der Waals surface area contributed by atoms with Gasteiger partial charge >= 0.3 is 12.1 Å². The molecule has 0 radical (unpaired) electrons. The lowest BCUT2D eigenvalue weighted by atomic mass is 10.0. The number of unbranched alkanes of at least 4 members (excludes halogenated alkanes) is 9. The molecule has 0 aromatic carbocycles. The van der Waals surface area contributed by atoms with E-state index < -0.39 is 18.5 Å². The Morgan fingerprint density at radius 1 is 0.739 bits per heavy atom. The van der Waals surface area contributed by atoms with E-state index in [2.05, 4.69) is 0 Å². The highest BCUT2D eigenvalue weighted by Gasteiger charge is 2.56. The minimum absolute atomic E-state index is 0.0830. The Balaban J connectivity index is 3.30. The Bertz CT molecular complexity index is 318. The molecule has 0 saturated heterocycles. The molecular formula is C16H27F5OS. The molecular weight excluding hydrogens is 335 g/mol. The highest BCUT2D eigenvalue weighted by Crippen LogP contribution is 2.39. The fourth-order valence-corrected chi connectivity index (χ4v) is 2.86. The van der Waals surface area contributed by atoms with Gasteiger partial charge in [0.2, 0.25) is 0 Å². The number of carbonyl (C=O) groups excluding carboxylic acids is 1. The zero-order valence-electron chi connectivity index (χ0n) is 13.7. The molecule has 1 nitrogen and oxygen atoms in total. The summed E-state index contributed by atoms with van der Waals surface area (Å²) in [5.74, 6) is -3.68. The average Bonchev–Trinajstić information content (AvgIpc) is 2.42. The van der Waals surface area contributed by atoms with Crippen molar-refractivity contribution in [2.75, 3.05) is 5.75 Å². The smallest absolute Gasteiger partial charge is 0.288 e. The van der Waals surface area contributed by atoms with E-state index >= 15 is 0 Å². The third-order valence-electron chi connectivity index (χ3n) is 3.61. The molecule has 0 atom stereocenters. The monoisotopic (exact) mass is 362 g/mol. The van der Waals surface area contributed by atoms with E-state index in [9.17, 15) is 26.7 Å². The first kappa shape index (κ1) is 22.7. The predicted octanol–water partition coefficient (Wildman–Crippen LogP) is 6.75. The van der Waals surface area contributed by atoms with E-state index in [0.29, 0.717) is 12.8 Å². The van der Waals surface area contributed by atoms with Crippen molar-refractivity contribution in [2.24, 2.45) is 0 Å². The summed E-state index contributed by atoms with van der Waals surface area (Å²) < 4.78 is 61.1. The van der Waals surface area contributed by atoms with Crippen LogP contribution in [0.25, 0.3) is 0 Å². The molecule has 0 rings (SSSR count). The number of hydrogen-bond donors (Lipinski definition) is 0. The molecule has 0 amide bonds. The van der Waals surface area contributed by atoms with Crippen molar-refractivity contribution < 1.29 is 26.7 Å². The second-order valence-electron chi connectivity index (χ2n) is 5.83. The maximum atomic E-state index is 12.6. The number of halogens is 5. The van der Waals surface area contributed by atoms with Gasteiger partial charge in [-0.2, -0.15) is 22.0 Å². The van der Waals surface area contributed by atoms with Gasteiger partial charge in [-0.1, -0.05) is 63.1 Å². The van der Waals surface area contributed by atoms with Crippen LogP contribution in [0.5, 0.6) is 0 Å². The SMILES string of the molecule is CC(=O)SCCCCCCCCCCCCC(F)(F)C(F)(F)F. The van der Waals surface area contributed by atoms with E-state index in [1.54, 1.807) is 6.92 Å². The molecule has 0 aliphatic carbocycles. The highest BCUT2D eigenvalue weighted by atomic mass is 32.2. The molecule has 0 heterocycles. The first-order valence-corrected chi connectivity index (χ1v) is 9.23. The lowest BCUT2D eigenvalue weighted by Gasteiger charge is -2.19. The van der Waals surface area contributed by atoms with E-state index in [4.69, 9.17) is 0 Å². The second-order valence-corrected chi connectivity index (χ2v) is 7.10. The van der Waals surface area contributed by atoms with Crippen LogP contribution in [-0.4, -0.2) is 23.0 Å². The standard InChI is InChI=1S/C16H27F5OS/c1-14(22)23-13-11-9-7-5-3-2-4-6-8-10-12-15(17,18)16(19,20)21/h2-13H2,1H3. The third kappa shape index (κ3) is 12.7. The van der Waals surface area contributed by atoms with Crippen LogP contribution >= 0.6 is 11.8 Å². The maximum Gasteiger partial charge on any atom is 0.453 e. The molecule has 0 spiro atoms. The summed E-state index contributed by atoms with van der Waals surface area (Å²) in [6.45, 7) is 1.56. The molecule has 0 N–H and O–H groups in total. The molecule has 0 aliphatic rings. The summed E-state index contributed by atoms with van der Waals surface area (Å²) in [4.78, 5) is 10.7. The number of thioether (sulfide) groups is 1. The fraction of sp³-hybridized carbons (Fsp3) is 0.938. The average molecular weight is 362 g/mol. The van der Waals surface area contributed by atoms with Crippen LogP contribution in [-0.2, 0) is 4.79 Å². The number of hydrogen-bond acceptors (Lipinski definition) is 2. The van der Waals surface area contributed by atoms with Crippen LogP contribution in [0.2, 0.25) is 0 Å². The Hall–Kier alpha value is -0.330. The van der Waals surface area contributed by atoms with Gasteiger partial charge in [0.15, 0.2) is 5.12 Å². The Labute approximate surface area is 139 Å². The summed E-state index contributed by atoms with van der Waals surface area (Å²) in [6, 6.07) is 0. The van der Waals surface area contributed by atoms with Crippen molar-refractivity contribution in [3.8, 4) is 0 Å². The van der Waals surface area contributed by atoms with Gasteiger partial charge in [-0.15, -0.1) is 0 Å². The van der Waals surface area contributed by atoms with Crippen LogP contribution in [0, 0.1) is 0 Å². The lowest BCUT2D eigenvalue weighted by Crippen LogP contribution is -2.36. The van der Waals surface area contributed by atoms with Crippen LogP contribution < -0.4 is 0 Å². The second kappa shape index (κ2) is 12.1. The molecule has 0 unspecified atom stereocenters. The van der Waals surface area contributed by atoms with E-state index in [1.165, 1.54) is 11.8 Å². The minimum atomic E-state index is -5.42. The molecule has 0 aliphatic heterocycles. The van der Waals surface area contributed by atoms with Crippen molar-refractivity contribution in [1.29, 1.82) is 0 Å². The summed E-state index contributed by atoms with van der Waals surface area (Å²) in [5.41, 5.74) is 0. The maximum absolute atomic E-state index is 12.6. The largest absolute Gasteiger partial charge is 0.453 e. The van der Waals surface area contributed by atoms with Gasteiger partial charge in [0.05, 0.1) is 0 Å². The molecule has 0 bridgehead atoms. The van der Waals surface area contributed by atoms with Crippen molar-refractivity contribution in [2.45, 2.75) is 89.7 Å². The molecule has 0 aromatic heterocycles. The molecule has 7 heteroatoms. The number of rotatable bonds is 13. The van der Waals surface area contributed by atoms with Crippen molar-refractivity contribution in [3.63, 3.8) is 0 Å². The topological polar surface area (TPSA) is 17.1 Å². The zero-order chi connectivity index (χ0) is 17.8. The number of alkyl halides is 5. The van der Waals surface area contributed by atoms with Crippen LogP contribution in [0.3, 0.4) is 0 Å². The van der Waals surface area contributed by atoms with Crippen LogP contribution in [0.1, 0.15) is 77.6 Å². The van der Waals surface area contributed by atoms with Gasteiger partial charge in [0, 0.05) is 19.1 Å². The van der Waals surface area contributed by atoms with E-state index in [0.717, 1.165) is 50.7 Å². The summed E-state index contributed by atoms with van der Waals surface area (Å²) >= 11 is 1.35. The first-order valence-electron chi connectivity index (χ1n) is 8.25. The van der Waals surface area contributed by atoms with Gasteiger partial charge in [-0.3, -0.25) is 4.79 Å². The van der Waals surface area contributed by atoms with Crippen LogP contribution in [0.4, 0.5) is 22.0 Å². The van der Waals surface area contributed by atoms with Crippen LogP contribution in [0.15, 0.2) is 0 Å². The van der Waals surface area contributed by atoms with Gasteiger partial charge in [0.25, 0.3) is 0 Å². The van der Waals surface area contributed by atoms with Crippen molar-refractivity contribution >= 4 is 16.9 Å². The summed E-state index contributed by atoms with van der Waals surface area (Å²) in [7, 11) is 0. The van der Waals surface area contributed by atoms with Gasteiger partial charge in [-0.25, -0.2) is 0 Å². The summed E-state index contributed by atoms with van der Waals surface area (Å²) in [5, 5.41) is 0.151. The lowest BCUT2D eigenvalue weighted by molar-refractivity contribution is -0.284. The molecule has 0 saturated carbocycles. The van der Waals surface area contributed by atoms with Crippen molar-refractivity contribution in [1.82, 2.24) is 0 Å². The zero-order valence-corrected chi connectivity index (χ0v) is 14.5. The predicted molar refractivity (Wildman–Crippen MR) is 84.9 cm³/mol. The third-order valence-corrected chi connectivity index (χ3v) is 4.50. The highest BCUT2D eigenvalue weighted by molar-refractivity contribution is 8.13. The van der Waals surface area contributed by atoms with Crippen molar-refractivity contribution in [3.05, 3.63) is 0 Å². The molecule has 0 aromatic rings. The Morgan fingerprint density at radius 2 is 1.13 bits per heavy atom.